The maximum absolute atomic E-state index is 2.86. The van der Waals surface area contributed by atoms with Crippen molar-refractivity contribution in [2.45, 2.75) is 92.9 Å². The Hall–Kier alpha value is -2.81. The summed E-state index contributed by atoms with van der Waals surface area (Å²) in [5.41, 5.74) is 8.70. The summed E-state index contributed by atoms with van der Waals surface area (Å²) in [7, 11) is -2.86. The van der Waals surface area contributed by atoms with Crippen molar-refractivity contribution >= 4 is 50.4 Å². The molecule has 0 aliphatic rings. The van der Waals surface area contributed by atoms with Crippen LogP contribution in [0.1, 0.15) is 112 Å². The van der Waals surface area contributed by atoms with Gasteiger partial charge in [0.2, 0.25) is 0 Å². The zero-order chi connectivity index (χ0) is 32.2. The summed E-state index contributed by atoms with van der Waals surface area (Å²) in [6.45, 7) is 23.6. The fraction of sp³-hybridized carbons (Fsp3) is 0.304. The smallest absolute Gasteiger partial charge is 0.358 e. The van der Waals surface area contributed by atoms with Crippen LogP contribution in [0, 0.1) is 28.7 Å². The van der Waals surface area contributed by atoms with Gasteiger partial charge < -0.3 is 14.9 Å². The second kappa shape index (κ2) is 15.4. The Morgan fingerprint density at radius 2 is 0.812 bits per heavy atom. The van der Waals surface area contributed by atoms with Gasteiger partial charge >= 0.3 is 25.8 Å². The molecule has 6 aromatic rings. The molecule has 0 spiro atoms. The van der Waals surface area contributed by atoms with Crippen molar-refractivity contribution in [3.63, 3.8) is 0 Å². The van der Waals surface area contributed by atoms with E-state index in [2.05, 4.69) is 166 Å². The minimum atomic E-state index is -2.86. The summed E-state index contributed by atoms with van der Waals surface area (Å²) in [6, 6.07) is 38.2. The molecule has 0 atom stereocenters. The Balaban J connectivity index is 0.00000208. The molecule has 248 valence electrons. The Labute approximate surface area is 312 Å². The summed E-state index contributed by atoms with van der Waals surface area (Å²) in [6.07, 6.45) is 0. The molecule has 0 bridgehead atoms. The molecule has 0 N–H and O–H groups in total. The zero-order valence-electron chi connectivity index (χ0n) is 31.5. The standard InChI is InChI=1S/C44H50Si.2CH3.Hf/c1-27(2)33-23-35-21-31(9)43(41(35)39(25-33)29(5)6)45(37-17-13-11-14-18-37,38-19-15-12-16-20-38)44-32(10)22-36-24-34(28(3)4)26-40(30(7)8)42(36)44;;;/h11-30H,1-10H3;2*1H3;/q-2;2*-1;+4. The van der Waals surface area contributed by atoms with Gasteiger partial charge in [0.05, 0.1) is 8.07 Å². The van der Waals surface area contributed by atoms with E-state index in [4.69, 9.17) is 0 Å². The number of aryl methyl sites for hydroxylation is 2. The van der Waals surface area contributed by atoms with E-state index in [-0.39, 0.29) is 40.7 Å². The molecule has 0 saturated carbocycles. The van der Waals surface area contributed by atoms with Crippen molar-refractivity contribution in [1.82, 2.24) is 0 Å². The van der Waals surface area contributed by atoms with Crippen molar-refractivity contribution < 1.29 is 25.8 Å². The third kappa shape index (κ3) is 6.45. The van der Waals surface area contributed by atoms with Gasteiger partial charge in [0.25, 0.3) is 0 Å². The van der Waals surface area contributed by atoms with Crippen LogP contribution in [0.3, 0.4) is 0 Å². The van der Waals surface area contributed by atoms with Crippen LogP contribution in [-0.4, -0.2) is 8.07 Å². The largest absolute Gasteiger partial charge is 4.00 e. The fourth-order valence-corrected chi connectivity index (χ4v) is 13.8. The van der Waals surface area contributed by atoms with Crippen LogP contribution in [0.4, 0.5) is 0 Å². The number of benzene rings is 4. The SMILES string of the molecule is Cc1[cH-]c2cc(C(C)C)cc(C(C)C)c2c1[Si](c1ccccc1)(c1ccccc1)c1c(C)[cH-]c2cc(C(C)C)cc(C(C)C)c12.[CH3-].[CH3-].[Hf+4]. The summed E-state index contributed by atoms with van der Waals surface area (Å²) >= 11 is 0. The van der Waals surface area contributed by atoms with E-state index in [0.717, 1.165) is 0 Å². The molecule has 6 aromatic carbocycles. The van der Waals surface area contributed by atoms with Crippen LogP contribution in [0.25, 0.3) is 21.5 Å². The molecule has 0 unspecified atom stereocenters. The van der Waals surface area contributed by atoms with Crippen molar-refractivity contribution in [3.05, 3.63) is 145 Å². The molecule has 0 fully saturated rings. The third-order valence-electron chi connectivity index (χ3n) is 10.2. The Kier molecular flexibility index (Phi) is 12.7. The predicted molar refractivity (Wildman–Crippen MR) is 215 cm³/mol. The van der Waals surface area contributed by atoms with E-state index in [1.54, 1.807) is 10.4 Å². The molecule has 0 saturated heterocycles. The van der Waals surface area contributed by atoms with Crippen LogP contribution in [0.2, 0.25) is 0 Å². The first kappa shape index (κ1) is 39.6. The van der Waals surface area contributed by atoms with Crippen molar-refractivity contribution in [3.8, 4) is 0 Å². The first-order valence-corrected chi connectivity index (χ1v) is 19.1. The van der Waals surface area contributed by atoms with Crippen molar-refractivity contribution in [2.24, 2.45) is 0 Å². The zero-order valence-corrected chi connectivity index (χ0v) is 36.1. The van der Waals surface area contributed by atoms with Crippen molar-refractivity contribution in [2.75, 3.05) is 0 Å². The van der Waals surface area contributed by atoms with Gasteiger partial charge in [-0.1, -0.05) is 175 Å². The summed E-state index contributed by atoms with van der Waals surface area (Å²) in [5, 5.41) is 11.9. The Morgan fingerprint density at radius 3 is 1.10 bits per heavy atom. The first-order chi connectivity index (χ1) is 21.5. The summed E-state index contributed by atoms with van der Waals surface area (Å²) in [5.74, 6) is 1.81. The van der Waals surface area contributed by atoms with Gasteiger partial charge in [-0.2, -0.15) is 0 Å². The Morgan fingerprint density at radius 1 is 0.479 bits per heavy atom. The van der Waals surface area contributed by atoms with Crippen LogP contribution in [-0.2, 0) is 25.8 Å². The van der Waals surface area contributed by atoms with Gasteiger partial charge in [0.1, 0.15) is 0 Å². The Bertz CT molecular complexity index is 1820. The topological polar surface area (TPSA) is 0 Å². The average molecular weight is 816 g/mol. The summed E-state index contributed by atoms with van der Waals surface area (Å²) in [4.78, 5) is 0. The molecule has 0 aliphatic carbocycles. The van der Waals surface area contributed by atoms with Crippen LogP contribution < -0.4 is 20.7 Å². The fourth-order valence-electron chi connectivity index (χ4n) is 8.02. The molecule has 6 rings (SSSR count). The molecule has 0 heterocycles. The molecule has 0 aliphatic heterocycles. The molecule has 2 heteroatoms. The van der Waals surface area contributed by atoms with Gasteiger partial charge in [-0.25, -0.2) is 0 Å². The van der Waals surface area contributed by atoms with Crippen LogP contribution in [0.15, 0.2) is 97.1 Å². The molecular formula is C46H56HfSi. The maximum Gasteiger partial charge on any atom is 4.00 e. The number of hydrogen-bond donors (Lipinski definition) is 0. The van der Waals surface area contributed by atoms with Gasteiger partial charge in [-0.15, -0.1) is 67.3 Å². The number of fused-ring (bicyclic) bond motifs is 2. The number of rotatable bonds is 8. The minimum Gasteiger partial charge on any atom is -0.358 e. The van der Waals surface area contributed by atoms with Gasteiger partial charge in [-0.3, -0.25) is 0 Å². The van der Waals surface area contributed by atoms with E-state index >= 15 is 0 Å². The number of hydrogen-bond acceptors (Lipinski definition) is 0. The van der Waals surface area contributed by atoms with E-state index < -0.39 is 8.07 Å². The average Bonchev–Trinajstić information content (AvgIpc) is 3.53. The molecular weight excluding hydrogens is 759 g/mol. The van der Waals surface area contributed by atoms with E-state index in [9.17, 15) is 0 Å². The third-order valence-corrected chi connectivity index (χ3v) is 15.4. The summed E-state index contributed by atoms with van der Waals surface area (Å²) < 4.78 is 0. The van der Waals surface area contributed by atoms with E-state index in [0.29, 0.717) is 23.7 Å². The van der Waals surface area contributed by atoms with Crippen LogP contribution >= 0.6 is 0 Å². The van der Waals surface area contributed by atoms with Gasteiger partial charge in [0.15, 0.2) is 0 Å². The molecule has 48 heavy (non-hydrogen) atoms. The van der Waals surface area contributed by atoms with Gasteiger partial charge in [-0.05, 0) is 23.7 Å². The van der Waals surface area contributed by atoms with E-state index in [1.165, 1.54) is 65.3 Å². The molecule has 0 amide bonds. The molecule has 0 aromatic heterocycles. The predicted octanol–water partition coefficient (Wildman–Crippen LogP) is 10.8. The minimum absolute atomic E-state index is 0. The molecule has 0 radical (unpaired) electrons. The van der Waals surface area contributed by atoms with Gasteiger partial charge in [0, 0.05) is 0 Å². The van der Waals surface area contributed by atoms with Crippen molar-refractivity contribution in [1.29, 1.82) is 0 Å². The second-order valence-corrected chi connectivity index (χ2v) is 18.3. The quantitative estimate of drug-likeness (QED) is 0.106. The molecule has 0 nitrogen and oxygen atoms in total. The normalized spacial score (nSPS) is 11.8. The van der Waals surface area contributed by atoms with E-state index in [1.807, 2.05) is 0 Å². The second-order valence-electron chi connectivity index (χ2n) is 14.7. The maximum atomic E-state index is 2.53. The monoisotopic (exact) mass is 816 g/mol. The first-order valence-electron chi connectivity index (χ1n) is 17.1. The van der Waals surface area contributed by atoms with Crippen LogP contribution in [0.5, 0.6) is 0 Å².